The van der Waals surface area contributed by atoms with Crippen LogP contribution in [-0.4, -0.2) is 16.5 Å². The van der Waals surface area contributed by atoms with Gasteiger partial charge in [-0.2, -0.15) is 0 Å². The lowest BCUT2D eigenvalue weighted by atomic mass is 9.87. The van der Waals surface area contributed by atoms with Crippen molar-refractivity contribution in [3.05, 3.63) is 24.3 Å². The molecule has 0 aromatic rings. The molecule has 0 spiro atoms. The van der Waals surface area contributed by atoms with Crippen molar-refractivity contribution < 1.29 is 9.90 Å². The van der Waals surface area contributed by atoms with E-state index in [1.54, 1.807) is 12.2 Å². The molecule has 0 radical (unpaired) electrons. The molecule has 0 saturated carbocycles. The van der Waals surface area contributed by atoms with E-state index in [4.69, 9.17) is 0 Å². The van der Waals surface area contributed by atoms with Crippen LogP contribution in [0.25, 0.3) is 0 Å². The quantitative estimate of drug-likeness (QED) is 0.610. The van der Waals surface area contributed by atoms with E-state index in [2.05, 4.69) is 0 Å². The van der Waals surface area contributed by atoms with E-state index in [-0.39, 0.29) is 11.7 Å². The van der Waals surface area contributed by atoms with Gasteiger partial charge < -0.3 is 5.11 Å². The molecule has 1 aliphatic rings. The maximum absolute atomic E-state index is 10.7. The van der Waals surface area contributed by atoms with Gasteiger partial charge in [-0.1, -0.05) is 13.8 Å². The lowest BCUT2D eigenvalue weighted by molar-refractivity contribution is -0.110. The van der Waals surface area contributed by atoms with Gasteiger partial charge in [0.1, 0.15) is 5.60 Å². The molecule has 1 N–H and O–H groups in total. The van der Waals surface area contributed by atoms with E-state index >= 15 is 0 Å². The smallest absolute Gasteiger partial charge is 0.178 e. The van der Waals surface area contributed by atoms with Gasteiger partial charge in [-0.25, -0.2) is 0 Å². The summed E-state index contributed by atoms with van der Waals surface area (Å²) in [5.41, 5.74) is -0.923. The summed E-state index contributed by atoms with van der Waals surface area (Å²) in [5, 5.41) is 9.74. The Morgan fingerprint density at radius 3 is 2.18 bits per heavy atom. The van der Waals surface area contributed by atoms with Crippen LogP contribution in [0.15, 0.2) is 24.3 Å². The summed E-state index contributed by atoms with van der Waals surface area (Å²) in [7, 11) is 0. The molecule has 0 amide bonds. The van der Waals surface area contributed by atoms with Crippen molar-refractivity contribution in [2.75, 3.05) is 0 Å². The first-order valence-electron chi connectivity index (χ1n) is 3.69. The predicted octanol–water partition coefficient (Wildman–Crippen LogP) is 1.07. The molecule has 0 saturated heterocycles. The Morgan fingerprint density at radius 2 is 1.82 bits per heavy atom. The third kappa shape index (κ3) is 1.57. The normalized spacial score (nSPS) is 21.3. The van der Waals surface area contributed by atoms with E-state index < -0.39 is 5.60 Å². The Morgan fingerprint density at radius 1 is 1.36 bits per heavy atom. The van der Waals surface area contributed by atoms with Gasteiger partial charge in [0, 0.05) is 0 Å². The second-order valence-corrected chi connectivity index (χ2v) is 3.11. The first-order chi connectivity index (χ1) is 5.04. The van der Waals surface area contributed by atoms with Gasteiger partial charge in [0.25, 0.3) is 0 Å². The largest absolute Gasteiger partial charge is 0.381 e. The SMILES string of the molecule is CC(C)C1(O)C=CC(=O)C=C1. The maximum Gasteiger partial charge on any atom is 0.178 e. The molecule has 0 aliphatic heterocycles. The van der Waals surface area contributed by atoms with Gasteiger partial charge >= 0.3 is 0 Å². The summed E-state index contributed by atoms with van der Waals surface area (Å²) in [4.78, 5) is 10.7. The second kappa shape index (κ2) is 2.62. The highest BCUT2D eigenvalue weighted by molar-refractivity contribution is 6.00. The Hall–Kier alpha value is -0.890. The van der Waals surface area contributed by atoms with Crippen LogP contribution >= 0.6 is 0 Å². The number of rotatable bonds is 1. The lowest BCUT2D eigenvalue weighted by Gasteiger charge is -2.26. The van der Waals surface area contributed by atoms with Gasteiger partial charge in [-0.3, -0.25) is 4.79 Å². The standard InChI is InChI=1S/C9H12O2/c1-7(2)9(11)5-3-8(10)4-6-9/h3-7,11H,1-2H3. The zero-order chi connectivity index (χ0) is 8.48. The molecule has 1 rings (SSSR count). The Balaban J connectivity index is 2.85. The molecule has 2 nitrogen and oxygen atoms in total. The van der Waals surface area contributed by atoms with Crippen LogP contribution in [0.5, 0.6) is 0 Å². The summed E-state index contributed by atoms with van der Waals surface area (Å²) < 4.78 is 0. The Bertz CT molecular complexity index is 208. The van der Waals surface area contributed by atoms with Crippen molar-refractivity contribution in [3.8, 4) is 0 Å². The number of carbonyl (C=O) groups is 1. The van der Waals surface area contributed by atoms with Crippen LogP contribution in [0.2, 0.25) is 0 Å². The third-order valence-electron chi connectivity index (χ3n) is 1.95. The number of hydrogen-bond donors (Lipinski definition) is 1. The minimum absolute atomic E-state index is 0.0599. The number of hydrogen-bond acceptors (Lipinski definition) is 2. The van der Waals surface area contributed by atoms with Crippen molar-refractivity contribution in [3.63, 3.8) is 0 Å². The van der Waals surface area contributed by atoms with Crippen molar-refractivity contribution in [1.29, 1.82) is 0 Å². The molecular formula is C9H12O2. The van der Waals surface area contributed by atoms with Gasteiger partial charge in [0.05, 0.1) is 0 Å². The van der Waals surface area contributed by atoms with Crippen molar-refractivity contribution in [1.82, 2.24) is 0 Å². The lowest BCUT2D eigenvalue weighted by Crippen LogP contribution is -2.31. The predicted molar refractivity (Wildman–Crippen MR) is 43.1 cm³/mol. The number of carbonyl (C=O) groups excluding carboxylic acids is 1. The van der Waals surface area contributed by atoms with Gasteiger partial charge in [-0.15, -0.1) is 0 Å². The van der Waals surface area contributed by atoms with E-state index in [9.17, 15) is 9.90 Å². The Kier molecular flexibility index (Phi) is 1.96. The molecule has 60 valence electrons. The molecule has 0 unspecified atom stereocenters. The second-order valence-electron chi connectivity index (χ2n) is 3.11. The fourth-order valence-corrected chi connectivity index (χ4v) is 0.927. The third-order valence-corrected chi connectivity index (χ3v) is 1.95. The van der Waals surface area contributed by atoms with Crippen LogP contribution in [0.3, 0.4) is 0 Å². The first-order valence-corrected chi connectivity index (χ1v) is 3.69. The highest BCUT2D eigenvalue weighted by Gasteiger charge is 2.26. The van der Waals surface area contributed by atoms with Crippen LogP contribution < -0.4 is 0 Å². The van der Waals surface area contributed by atoms with Crippen molar-refractivity contribution in [2.24, 2.45) is 5.92 Å². The average molecular weight is 152 g/mol. The fourth-order valence-electron chi connectivity index (χ4n) is 0.927. The molecule has 1 aliphatic carbocycles. The average Bonchev–Trinajstić information content (AvgIpc) is 1.95. The van der Waals surface area contributed by atoms with E-state index in [0.717, 1.165) is 0 Å². The molecule has 0 fully saturated rings. The van der Waals surface area contributed by atoms with E-state index in [1.807, 2.05) is 13.8 Å². The Labute approximate surface area is 66.2 Å². The van der Waals surface area contributed by atoms with Crippen molar-refractivity contribution >= 4 is 5.78 Å². The first kappa shape index (κ1) is 8.21. The zero-order valence-corrected chi connectivity index (χ0v) is 6.74. The summed E-state index contributed by atoms with van der Waals surface area (Å²) in [6.45, 7) is 3.81. The molecule has 2 heteroatoms. The number of ketones is 1. The van der Waals surface area contributed by atoms with E-state index in [0.29, 0.717) is 0 Å². The highest BCUT2D eigenvalue weighted by Crippen LogP contribution is 2.22. The van der Waals surface area contributed by atoms with Crippen LogP contribution in [0.4, 0.5) is 0 Å². The van der Waals surface area contributed by atoms with E-state index in [1.165, 1.54) is 12.2 Å². The van der Waals surface area contributed by atoms with Gasteiger partial charge in [0.15, 0.2) is 5.78 Å². The number of aliphatic hydroxyl groups is 1. The topological polar surface area (TPSA) is 37.3 Å². The van der Waals surface area contributed by atoms with Crippen LogP contribution in [-0.2, 0) is 4.79 Å². The molecule has 0 aromatic carbocycles. The summed E-state index contributed by atoms with van der Waals surface area (Å²) in [5.74, 6) is 0.0402. The molecular weight excluding hydrogens is 140 g/mol. The molecule has 0 bridgehead atoms. The van der Waals surface area contributed by atoms with Crippen molar-refractivity contribution in [2.45, 2.75) is 19.4 Å². The van der Waals surface area contributed by atoms with Gasteiger partial charge in [-0.05, 0) is 30.2 Å². The maximum atomic E-state index is 10.7. The molecule has 0 heterocycles. The molecule has 11 heavy (non-hydrogen) atoms. The minimum Gasteiger partial charge on any atom is -0.381 e. The monoisotopic (exact) mass is 152 g/mol. The summed E-state index contributed by atoms with van der Waals surface area (Å²) in [6, 6.07) is 0. The molecule has 0 atom stereocenters. The number of allylic oxidation sites excluding steroid dienone is 2. The molecule has 0 aromatic heterocycles. The zero-order valence-electron chi connectivity index (χ0n) is 6.74. The van der Waals surface area contributed by atoms with Gasteiger partial charge in [0.2, 0.25) is 0 Å². The van der Waals surface area contributed by atoms with Crippen LogP contribution in [0, 0.1) is 5.92 Å². The van der Waals surface area contributed by atoms with Crippen LogP contribution in [0.1, 0.15) is 13.8 Å². The summed E-state index contributed by atoms with van der Waals surface area (Å²) in [6.07, 6.45) is 5.89. The highest BCUT2D eigenvalue weighted by atomic mass is 16.3. The fraction of sp³-hybridized carbons (Fsp3) is 0.444. The summed E-state index contributed by atoms with van der Waals surface area (Å²) >= 11 is 0. The minimum atomic E-state index is -0.923.